The fourth-order valence-electron chi connectivity index (χ4n) is 1.56. The van der Waals surface area contributed by atoms with E-state index in [9.17, 15) is 13.2 Å². The van der Waals surface area contributed by atoms with E-state index in [-0.39, 0.29) is 5.75 Å². The van der Waals surface area contributed by atoms with Gasteiger partial charge in [0.25, 0.3) is 10.1 Å². The summed E-state index contributed by atoms with van der Waals surface area (Å²) < 4.78 is 35.6. The van der Waals surface area contributed by atoms with Crippen molar-refractivity contribution in [2.24, 2.45) is 0 Å². The minimum Gasteiger partial charge on any atom is -0.444 e. The molecular formula is C12H27N2O5S+. The molecule has 0 saturated heterocycles. The van der Waals surface area contributed by atoms with Crippen molar-refractivity contribution in [1.29, 1.82) is 0 Å². The van der Waals surface area contributed by atoms with Crippen LogP contribution in [0, 0.1) is 0 Å². The molecule has 0 aliphatic carbocycles. The van der Waals surface area contributed by atoms with Gasteiger partial charge in [0.2, 0.25) is 0 Å². The van der Waals surface area contributed by atoms with Crippen LogP contribution in [-0.4, -0.2) is 68.6 Å². The summed E-state index contributed by atoms with van der Waals surface area (Å²) >= 11 is 0. The first kappa shape index (κ1) is 19.1. The number of hydrogen-bond acceptors (Lipinski definition) is 4. The van der Waals surface area contributed by atoms with Crippen LogP contribution in [0.3, 0.4) is 0 Å². The first-order valence-electron chi connectivity index (χ1n) is 6.55. The van der Waals surface area contributed by atoms with Crippen LogP contribution in [0.1, 0.15) is 27.2 Å². The van der Waals surface area contributed by atoms with Crippen LogP contribution < -0.4 is 5.32 Å². The third kappa shape index (κ3) is 12.2. The zero-order valence-corrected chi connectivity index (χ0v) is 13.8. The van der Waals surface area contributed by atoms with Crippen LogP contribution in [-0.2, 0) is 14.9 Å². The summed E-state index contributed by atoms with van der Waals surface area (Å²) in [6, 6.07) is 0. The number of ether oxygens (including phenoxy) is 1. The second kappa shape index (κ2) is 7.24. The Bertz CT molecular complexity index is 412. The first-order chi connectivity index (χ1) is 8.81. The maximum absolute atomic E-state index is 11.4. The van der Waals surface area contributed by atoms with Gasteiger partial charge < -0.3 is 14.5 Å². The quantitative estimate of drug-likeness (QED) is 0.537. The lowest BCUT2D eigenvalue weighted by Gasteiger charge is -2.30. The maximum Gasteiger partial charge on any atom is 0.407 e. The van der Waals surface area contributed by atoms with Crippen molar-refractivity contribution in [2.45, 2.75) is 32.8 Å². The zero-order chi connectivity index (χ0) is 16.0. The van der Waals surface area contributed by atoms with Gasteiger partial charge >= 0.3 is 6.09 Å². The minimum atomic E-state index is -3.90. The van der Waals surface area contributed by atoms with Crippen LogP contribution in [0.4, 0.5) is 4.79 Å². The highest BCUT2D eigenvalue weighted by Gasteiger charge is 2.19. The molecule has 0 atom stereocenters. The van der Waals surface area contributed by atoms with Crippen LogP contribution >= 0.6 is 0 Å². The SMILES string of the molecule is CC(C)(C)OC(=O)NCC[N+](C)(C)CCCS(=O)(=O)O. The van der Waals surface area contributed by atoms with E-state index < -0.39 is 21.8 Å². The summed E-state index contributed by atoms with van der Waals surface area (Å²) in [6.07, 6.45) is -0.0893. The molecule has 0 aromatic carbocycles. The van der Waals surface area contributed by atoms with Gasteiger partial charge in [0.15, 0.2) is 0 Å². The minimum absolute atomic E-state index is 0.242. The third-order valence-electron chi connectivity index (χ3n) is 2.55. The van der Waals surface area contributed by atoms with Crippen molar-refractivity contribution in [3.63, 3.8) is 0 Å². The second-order valence-corrected chi connectivity index (χ2v) is 8.02. The Kier molecular flexibility index (Phi) is 6.92. The van der Waals surface area contributed by atoms with Gasteiger partial charge in [0.1, 0.15) is 5.60 Å². The summed E-state index contributed by atoms with van der Waals surface area (Å²) in [5, 5.41) is 2.66. The number of nitrogens with zero attached hydrogens (tertiary/aromatic N) is 1. The summed E-state index contributed by atoms with van der Waals surface area (Å²) in [6.45, 7) is 7.06. The first-order valence-corrected chi connectivity index (χ1v) is 8.16. The number of alkyl carbamates (subject to hydrolysis) is 1. The molecule has 0 fully saturated rings. The van der Waals surface area contributed by atoms with Crippen molar-refractivity contribution in [3.8, 4) is 0 Å². The van der Waals surface area contributed by atoms with Crippen molar-refractivity contribution in [2.75, 3.05) is 39.5 Å². The van der Waals surface area contributed by atoms with E-state index in [1.165, 1.54) is 0 Å². The molecule has 0 saturated carbocycles. The van der Waals surface area contributed by atoms with Gasteiger partial charge in [-0.3, -0.25) is 4.55 Å². The number of amides is 1. The topological polar surface area (TPSA) is 92.7 Å². The molecule has 0 radical (unpaired) electrons. The van der Waals surface area contributed by atoms with E-state index in [0.717, 1.165) is 0 Å². The van der Waals surface area contributed by atoms with Crippen LogP contribution in [0.5, 0.6) is 0 Å². The Morgan fingerprint density at radius 2 is 1.80 bits per heavy atom. The molecule has 20 heavy (non-hydrogen) atoms. The maximum atomic E-state index is 11.4. The molecule has 0 aromatic heterocycles. The molecule has 0 heterocycles. The van der Waals surface area contributed by atoms with Crippen molar-refractivity contribution in [3.05, 3.63) is 0 Å². The third-order valence-corrected chi connectivity index (χ3v) is 3.36. The van der Waals surface area contributed by atoms with E-state index >= 15 is 0 Å². The smallest absolute Gasteiger partial charge is 0.407 e. The van der Waals surface area contributed by atoms with Gasteiger partial charge in [0, 0.05) is 6.42 Å². The standard InChI is InChI=1S/C12H26N2O5S/c1-12(2,3)19-11(15)13-7-9-14(4,5)8-6-10-20(16,17)18/h6-10H2,1-5H3,(H-,13,15,16,17,18)/p+1. The van der Waals surface area contributed by atoms with Gasteiger partial charge in [-0.1, -0.05) is 0 Å². The monoisotopic (exact) mass is 311 g/mol. The normalized spacial score (nSPS) is 13.1. The highest BCUT2D eigenvalue weighted by Crippen LogP contribution is 2.06. The fourth-order valence-corrected chi connectivity index (χ4v) is 2.06. The van der Waals surface area contributed by atoms with Crippen molar-refractivity contribution < 1.29 is 27.0 Å². The molecule has 1 amide bonds. The number of rotatable bonds is 7. The lowest BCUT2D eigenvalue weighted by atomic mass is 10.2. The van der Waals surface area contributed by atoms with E-state index in [0.29, 0.717) is 30.5 Å². The average molecular weight is 311 g/mol. The van der Waals surface area contributed by atoms with Crippen LogP contribution in [0.25, 0.3) is 0 Å². The van der Waals surface area contributed by atoms with E-state index in [2.05, 4.69) is 5.32 Å². The summed E-state index contributed by atoms with van der Waals surface area (Å²) in [4.78, 5) is 11.4. The molecule has 120 valence electrons. The molecule has 0 rings (SSSR count). The van der Waals surface area contributed by atoms with Gasteiger partial charge in [-0.2, -0.15) is 8.42 Å². The Labute approximate surface area is 121 Å². The van der Waals surface area contributed by atoms with E-state index in [1.807, 2.05) is 14.1 Å². The van der Waals surface area contributed by atoms with Crippen molar-refractivity contribution in [1.82, 2.24) is 5.32 Å². The Hall–Kier alpha value is -0.860. The molecule has 7 nitrogen and oxygen atoms in total. The average Bonchev–Trinajstić information content (AvgIpc) is 2.10. The summed E-state index contributed by atoms with van der Waals surface area (Å²) in [5.74, 6) is -0.242. The largest absolute Gasteiger partial charge is 0.444 e. The molecule has 0 unspecified atom stereocenters. The summed E-state index contributed by atoms with van der Waals surface area (Å²) in [7, 11) is -0.0379. The Morgan fingerprint density at radius 3 is 2.25 bits per heavy atom. The molecule has 8 heteroatoms. The number of quaternary nitrogens is 1. The molecule has 0 spiro atoms. The number of carbonyl (C=O) groups is 1. The van der Waals surface area contributed by atoms with Crippen LogP contribution in [0.2, 0.25) is 0 Å². The predicted octanol–water partition coefficient (Wildman–Crippen LogP) is 0.865. The summed E-state index contributed by atoms with van der Waals surface area (Å²) in [5.41, 5.74) is -0.524. The molecule has 0 bridgehead atoms. The molecular weight excluding hydrogens is 284 g/mol. The lowest BCUT2D eigenvalue weighted by Crippen LogP contribution is -2.46. The number of likely N-dealkylation sites (N-methyl/N-ethyl adjacent to an activating group) is 1. The highest BCUT2D eigenvalue weighted by molar-refractivity contribution is 7.85. The fraction of sp³-hybridized carbons (Fsp3) is 0.917. The lowest BCUT2D eigenvalue weighted by molar-refractivity contribution is -0.889. The highest BCUT2D eigenvalue weighted by atomic mass is 32.2. The second-order valence-electron chi connectivity index (χ2n) is 6.45. The van der Waals surface area contributed by atoms with Gasteiger partial charge in [-0.05, 0) is 20.8 Å². The molecule has 0 aliphatic heterocycles. The number of carbonyl (C=O) groups excluding carboxylic acids is 1. The van der Waals surface area contributed by atoms with Crippen molar-refractivity contribution >= 4 is 16.2 Å². The molecule has 0 aromatic rings. The van der Waals surface area contributed by atoms with Gasteiger partial charge in [-0.25, -0.2) is 4.79 Å². The van der Waals surface area contributed by atoms with E-state index in [1.54, 1.807) is 20.8 Å². The predicted molar refractivity (Wildman–Crippen MR) is 77.1 cm³/mol. The van der Waals surface area contributed by atoms with E-state index in [4.69, 9.17) is 9.29 Å². The Morgan fingerprint density at radius 1 is 1.25 bits per heavy atom. The van der Waals surface area contributed by atoms with Gasteiger partial charge in [-0.15, -0.1) is 0 Å². The molecule has 2 N–H and O–H groups in total. The number of hydrogen-bond donors (Lipinski definition) is 2. The Balaban J connectivity index is 3.96. The zero-order valence-electron chi connectivity index (χ0n) is 13.0. The molecule has 0 aliphatic rings. The van der Waals surface area contributed by atoms with Crippen LogP contribution in [0.15, 0.2) is 0 Å². The van der Waals surface area contributed by atoms with Gasteiger partial charge in [0.05, 0.1) is 39.5 Å². The number of nitrogens with one attached hydrogen (secondary N) is 1.